The van der Waals surface area contributed by atoms with Crippen LogP contribution in [0.5, 0.6) is 23.0 Å². The quantitative estimate of drug-likeness (QED) is 0.186. The topological polar surface area (TPSA) is 31.4 Å². The van der Waals surface area contributed by atoms with Crippen molar-refractivity contribution in [1.29, 1.82) is 0 Å². The number of aromatic nitrogens is 1. The molecule has 0 fully saturated rings. The molecule has 2 aliphatic rings. The van der Waals surface area contributed by atoms with Gasteiger partial charge in [0.25, 0.3) is 0 Å². The summed E-state index contributed by atoms with van der Waals surface area (Å²) in [6, 6.07) is 49.4. The van der Waals surface area contributed by atoms with Gasteiger partial charge in [-0.3, -0.25) is 4.98 Å². The second kappa shape index (κ2) is 10.8. The Kier molecular flexibility index (Phi) is 6.33. The summed E-state index contributed by atoms with van der Waals surface area (Å²) < 4.78 is 13.9. The van der Waals surface area contributed by atoms with Gasteiger partial charge in [0.15, 0.2) is 0 Å². The number of aryl methyl sites for hydroxylation is 1. The molecular weight excluding hydrogens is 581 g/mol. The van der Waals surface area contributed by atoms with Gasteiger partial charge in [-0.15, -0.1) is 0 Å². The Labute approximate surface area is 269 Å². The molecule has 3 nitrogen and oxygen atoms in total. The summed E-state index contributed by atoms with van der Waals surface area (Å²) in [4.78, 5) is 4.26. The Morgan fingerprint density at radius 2 is 1.00 bits per heavy atom. The second-order valence-corrected chi connectivity index (χ2v) is 13.7. The zero-order chi connectivity index (χ0) is 30.6. The van der Waals surface area contributed by atoms with E-state index in [2.05, 4.69) is 151 Å². The molecule has 46 heavy (non-hydrogen) atoms. The van der Waals surface area contributed by atoms with E-state index in [0.29, 0.717) is 0 Å². The number of para-hydroxylation sites is 2. The van der Waals surface area contributed by atoms with Gasteiger partial charge in [0.1, 0.15) is 23.0 Å². The van der Waals surface area contributed by atoms with Gasteiger partial charge in [0.2, 0.25) is 0 Å². The minimum atomic E-state index is -0.941. The van der Waals surface area contributed by atoms with E-state index in [9.17, 15) is 0 Å². The van der Waals surface area contributed by atoms with E-state index in [1.54, 1.807) is 0 Å². The predicted molar refractivity (Wildman–Crippen MR) is 190 cm³/mol. The average molecular weight is 610 g/mol. The van der Waals surface area contributed by atoms with Gasteiger partial charge in [0, 0.05) is 42.1 Å². The van der Waals surface area contributed by atoms with Gasteiger partial charge in [-0.25, -0.2) is 0 Å². The molecule has 0 amide bonds. The van der Waals surface area contributed by atoms with Crippen LogP contribution in [0.15, 0.2) is 152 Å². The van der Waals surface area contributed by atoms with Gasteiger partial charge in [0.05, 0.1) is 5.30 Å². The molecule has 3 heterocycles. The molecule has 0 atom stereocenters. The molecule has 2 aliphatic heterocycles. The maximum Gasteiger partial charge on any atom is 0.143 e. The number of rotatable bonds is 4. The smallest absolute Gasteiger partial charge is 0.143 e. The summed E-state index contributed by atoms with van der Waals surface area (Å²) in [7, 11) is -0.941. The minimum absolute atomic E-state index is 0.860. The summed E-state index contributed by atoms with van der Waals surface area (Å²) in [5.74, 6) is 3.58. The molecule has 0 spiro atoms. The van der Waals surface area contributed by atoms with Gasteiger partial charge >= 0.3 is 0 Å². The van der Waals surface area contributed by atoms with E-state index in [1.165, 1.54) is 21.7 Å². The number of benzene rings is 6. The first-order valence-electron chi connectivity index (χ1n) is 15.4. The van der Waals surface area contributed by atoms with E-state index in [1.807, 2.05) is 12.4 Å². The number of hydrogen-bond acceptors (Lipinski definition) is 3. The molecule has 6 aromatic carbocycles. The van der Waals surface area contributed by atoms with Gasteiger partial charge in [-0.1, -0.05) is 121 Å². The molecule has 9 rings (SSSR count). The number of nitrogens with zero attached hydrogens (tertiary/aromatic N) is 1. The lowest BCUT2D eigenvalue weighted by molar-refractivity contribution is 0.468. The van der Waals surface area contributed by atoms with Crippen molar-refractivity contribution < 1.29 is 9.47 Å². The van der Waals surface area contributed by atoms with Crippen LogP contribution in [-0.4, -0.2) is 4.98 Å². The van der Waals surface area contributed by atoms with Crippen LogP contribution < -0.4 is 25.4 Å². The molecule has 7 aromatic rings. The van der Waals surface area contributed by atoms with Crippen molar-refractivity contribution in [2.75, 3.05) is 0 Å². The molecule has 1 aromatic heterocycles. The Balaban J connectivity index is 1.25. The van der Waals surface area contributed by atoms with Crippen molar-refractivity contribution in [3.63, 3.8) is 0 Å². The normalized spacial score (nSPS) is 12.7. The van der Waals surface area contributed by atoms with E-state index in [4.69, 9.17) is 9.47 Å². The van der Waals surface area contributed by atoms with Gasteiger partial charge in [-0.05, 0) is 64.1 Å². The third kappa shape index (κ3) is 4.35. The highest BCUT2D eigenvalue weighted by Crippen LogP contribution is 2.56. The first-order chi connectivity index (χ1) is 22.7. The van der Waals surface area contributed by atoms with Crippen LogP contribution >= 0.6 is 7.92 Å². The van der Waals surface area contributed by atoms with E-state index >= 15 is 0 Å². The molecule has 218 valence electrons. The molecule has 0 saturated heterocycles. The largest absolute Gasteiger partial charge is 0.455 e. The Morgan fingerprint density at radius 3 is 1.54 bits per heavy atom. The minimum Gasteiger partial charge on any atom is -0.455 e. The van der Waals surface area contributed by atoms with E-state index in [0.717, 1.165) is 67.2 Å². The lowest BCUT2D eigenvalue weighted by Crippen LogP contribution is -2.32. The van der Waals surface area contributed by atoms with Crippen molar-refractivity contribution in [2.45, 2.75) is 6.92 Å². The van der Waals surface area contributed by atoms with Crippen molar-refractivity contribution in [1.82, 2.24) is 4.98 Å². The molecule has 4 heteroatoms. The zero-order valence-corrected chi connectivity index (χ0v) is 26.0. The summed E-state index contributed by atoms with van der Waals surface area (Å²) in [6.07, 6.45) is 3.76. The summed E-state index contributed by atoms with van der Waals surface area (Å²) in [6.45, 7) is 2.10. The lowest BCUT2D eigenvalue weighted by atomic mass is 9.98. The first-order valence-corrected chi connectivity index (χ1v) is 16.8. The van der Waals surface area contributed by atoms with Crippen molar-refractivity contribution in [3.8, 4) is 67.5 Å². The van der Waals surface area contributed by atoms with Gasteiger partial charge in [-0.2, -0.15) is 0 Å². The Bertz CT molecular complexity index is 2150. The standard InChI is InChI=1S/C42H28NO2P/c1-27-26-43-23-22-33(27)31-20-18-28(19-21-31)32-24-36-42-37(25-32)45-41-35(30-12-6-3-7-13-30)15-9-17-39(41)46(42)38-16-8-14-34(40(38)44-36)29-10-4-2-5-11-29/h2-26H,1H3. The first kappa shape index (κ1) is 26.9. The Morgan fingerprint density at radius 1 is 0.478 bits per heavy atom. The van der Waals surface area contributed by atoms with Gasteiger partial charge < -0.3 is 9.47 Å². The zero-order valence-electron chi connectivity index (χ0n) is 25.1. The molecule has 0 aliphatic carbocycles. The van der Waals surface area contributed by atoms with Crippen LogP contribution in [0.2, 0.25) is 0 Å². The number of ether oxygens (including phenoxy) is 2. The molecule has 0 N–H and O–H groups in total. The summed E-state index contributed by atoms with van der Waals surface area (Å²) in [5, 5.41) is 3.56. The summed E-state index contributed by atoms with van der Waals surface area (Å²) >= 11 is 0. The van der Waals surface area contributed by atoms with Crippen molar-refractivity contribution >= 4 is 23.8 Å². The molecule has 0 radical (unpaired) electrons. The maximum absolute atomic E-state index is 6.94. The van der Waals surface area contributed by atoms with E-state index in [-0.39, 0.29) is 0 Å². The third-order valence-corrected chi connectivity index (χ3v) is 11.4. The highest BCUT2D eigenvalue weighted by atomic mass is 31.1. The van der Waals surface area contributed by atoms with Crippen LogP contribution in [0.25, 0.3) is 44.5 Å². The number of pyridine rings is 1. The molecule has 0 saturated carbocycles. The van der Waals surface area contributed by atoms with Crippen LogP contribution in [0.1, 0.15) is 5.56 Å². The number of hydrogen-bond donors (Lipinski definition) is 0. The second-order valence-electron chi connectivity index (χ2n) is 11.7. The fraction of sp³-hybridized carbons (Fsp3) is 0.0238. The van der Waals surface area contributed by atoms with Crippen LogP contribution in [0, 0.1) is 6.92 Å². The fourth-order valence-corrected chi connectivity index (χ4v) is 9.27. The number of fused-ring (bicyclic) bond motifs is 4. The third-order valence-electron chi connectivity index (χ3n) is 8.88. The molecule has 0 unspecified atom stereocenters. The van der Waals surface area contributed by atoms with Crippen molar-refractivity contribution in [3.05, 3.63) is 157 Å². The van der Waals surface area contributed by atoms with Crippen LogP contribution in [0.4, 0.5) is 0 Å². The molecule has 0 bridgehead atoms. The highest BCUT2D eigenvalue weighted by molar-refractivity contribution is 7.80. The molecular formula is C42H28NO2P. The fourth-order valence-electron chi connectivity index (χ4n) is 6.66. The monoisotopic (exact) mass is 609 g/mol. The van der Waals surface area contributed by atoms with E-state index < -0.39 is 7.92 Å². The van der Waals surface area contributed by atoms with Crippen molar-refractivity contribution in [2.24, 2.45) is 0 Å². The summed E-state index contributed by atoms with van der Waals surface area (Å²) in [5.41, 5.74) is 10.2. The lowest BCUT2D eigenvalue weighted by Gasteiger charge is -2.36. The maximum atomic E-state index is 6.94. The Hall–Kier alpha value is -5.50. The predicted octanol–water partition coefficient (Wildman–Crippen LogP) is 10.0. The van der Waals surface area contributed by atoms with Crippen LogP contribution in [-0.2, 0) is 0 Å². The van der Waals surface area contributed by atoms with Crippen LogP contribution in [0.3, 0.4) is 0 Å². The SMILES string of the molecule is Cc1cnccc1-c1ccc(-c2cc3c4c(c2)Oc2c(-c5ccccc5)cccc2P4c2cccc(-c4ccccc4)c2O3)cc1. The average Bonchev–Trinajstić information content (AvgIpc) is 3.12. The highest BCUT2D eigenvalue weighted by Gasteiger charge is 2.39.